The fraction of sp³-hybridized carbons (Fsp3) is 0.103. The van der Waals surface area contributed by atoms with E-state index in [1.807, 2.05) is 70.2 Å². The molecule has 332 valence electrons. The Balaban J connectivity index is 0.000000170. The summed E-state index contributed by atoms with van der Waals surface area (Å²) in [6.45, 7) is 15.5. The van der Waals surface area contributed by atoms with Crippen molar-refractivity contribution in [3.05, 3.63) is 218 Å². The molecule has 0 N–H and O–H groups in total. The number of rotatable bonds is 4. The van der Waals surface area contributed by atoms with Crippen LogP contribution >= 0.6 is 0 Å². The van der Waals surface area contributed by atoms with Gasteiger partial charge in [0, 0.05) is 27.8 Å². The van der Waals surface area contributed by atoms with Crippen molar-refractivity contribution in [1.29, 1.82) is 5.26 Å². The second-order valence-electron chi connectivity index (χ2n) is 17.0. The van der Waals surface area contributed by atoms with E-state index in [0.29, 0.717) is 61.3 Å². The van der Waals surface area contributed by atoms with Gasteiger partial charge in [-0.1, -0.05) is 90.0 Å². The van der Waals surface area contributed by atoms with Crippen molar-refractivity contribution in [2.45, 2.75) is 40.0 Å². The van der Waals surface area contributed by atoms with Crippen LogP contribution in [-0.4, -0.2) is 11.6 Å². The first-order valence-corrected chi connectivity index (χ1v) is 21.4. The molecular weight excluding hydrogens is 871 g/mol. The number of halogens is 6. The molecule has 2 aliphatic rings. The zero-order valence-electron chi connectivity index (χ0n) is 36.8. The molecule has 0 unspecified atom stereocenters. The van der Waals surface area contributed by atoms with Crippen LogP contribution in [0.25, 0.3) is 71.6 Å². The van der Waals surface area contributed by atoms with E-state index in [-0.39, 0.29) is 17.1 Å². The van der Waals surface area contributed by atoms with Crippen LogP contribution in [0.2, 0.25) is 0 Å². The molecule has 8 aromatic carbocycles. The summed E-state index contributed by atoms with van der Waals surface area (Å²) in [6, 6.07) is 42.1. The lowest BCUT2D eigenvalue weighted by Crippen LogP contribution is -2.04. The molecule has 0 saturated heterocycles. The van der Waals surface area contributed by atoms with Gasteiger partial charge in [0.25, 0.3) is 0 Å². The Bertz CT molecular complexity index is 3480. The topological polar surface area (TPSA) is 62.3 Å². The van der Waals surface area contributed by atoms with E-state index in [9.17, 15) is 41.2 Å². The maximum atomic E-state index is 13.2. The van der Waals surface area contributed by atoms with Gasteiger partial charge in [0.15, 0.2) is 17.3 Å². The second-order valence-corrected chi connectivity index (χ2v) is 17.0. The molecule has 4 nitrogen and oxygen atoms in total. The van der Waals surface area contributed by atoms with Gasteiger partial charge in [-0.05, 0) is 167 Å². The van der Waals surface area contributed by atoms with Crippen molar-refractivity contribution in [1.82, 2.24) is 0 Å². The maximum absolute atomic E-state index is 13.2. The van der Waals surface area contributed by atoms with Crippen molar-refractivity contribution in [3.63, 3.8) is 0 Å². The van der Waals surface area contributed by atoms with Gasteiger partial charge in [-0.2, -0.15) is 31.6 Å². The normalized spacial score (nSPS) is 12.3. The van der Waals surface area contributed by atoms with Gasteiger partial charge in [-0.25, -0.2) is 4.85 Å². The first kappa shape index (κ1) is 44.8. The number of hydrogen-bond acceptors (Lipinski definition) is 3. The van der Waals surface area contributed by atoms with E-state index in [0.717, 1.165) is 74.3 Å². The van der Waals surface area contributed by atoms with Gasteiger partial charge in [0.05, 0.1) is 29.3 Å². The standard InChI is InChI=1S/C29H15F3N2O.C29H21F3O/c1-16-3-5-18(6-4-16)22-13-24-23-12-21(17-7-9-20(10-8-17)29(30,31)32)19(15-33)11-25(23)28(35)26(24)14-27(22)34-2;1-16-4-6-19(7-5-16)22-14-24-25-15-23(20-8-10-21(11-9-20)29(30,31)32)18(3)13-27(25)28(33)26(24)12-17(22)2/h3-14H,1H3;4-15H,1-3H3. The molecule has 0 radical (unpaired) electrons. The summed E-state index contributed by atoms with van der Waals surface area (Å²) in [6.07, 6.45) is -8.84. The van der Waals surface area contributed by atoms with Crippen LogP contribution in [0.3, 0.4) is 0 Å². The predicted molar refractivity (Wildman–Crippen MR) is 252 cm³/mol. The molecule has 0 atom stereocenters. The molecule has 0 aromatic heterocycles. The van der Waals surface area contributed by atoms with Gasteiger partial charge in [0.2, 0.25) is 0 Å². The Kier molecular flexibility index (Phi) is 11.1. The number of nitrogens with zero attached hydrogens (tertiary/aromatic N) is 2. The zero-order chi connectivity index (χ0) is 48.4. The van der Waals surface area contributed by atoms with Crippen LogP contribution in [0.15, 0.2) is 146 Å². The quantitative estimate of drug-likeness (QED) is 0.131. The molecule has 0 spiro atoms. The maximum Gasteiger partial charge on any atom is 0.416 e. The number of aryl methyl sites for hydroxylation is 4. The van der Waals surface area contributed by atoms with Crippen LogP contribution in [0.4, 0.5) is 32.0 Å². The van der Waals surface area contributed by atoms with Crippen LogP contribution in [0.1, 0.15) is 70.8 Å². The molecular formula is C58H36F6N2O2. The Labute approximate surface area is 388 Å². The van der Waals surface area contributed by atoms with E-state index in [2.05, 4.69) is 41.2 Å². The molecule has 0 heterocycles. The molecule has 8 aromatic rings. The Morgan fingerprint density at radius 1 is 0.412 bits per heavy atom. The van der Waals surface area contributed by atoms with Crippen LogP contribution in [0.5, 0.6) is 0 Å². The summed E-state index contributed by atoms with van der Waals surface area (Å²) in [5.41, 5.74) is 14.2. The van der Waals surface area contributed by atoms with Crippen molar-refractivity contribution >= 4 is 17.3 Å². The van der Waals surface area contributed by atoms with Crippen molar-refractivity contribution in [2.24, 2.45) is 0 Å². The minimum absolute atomic E-state index is 0.0133. The molecule has 0 bridgehead atoms. The highest BCUT2D eigenvalue weighted by Crippen LogP contribution is 2.47. The Morgan fingerprint density at radius 3 is 1.12 bits per heavy atom. The number of ketones is 2. The number of carbonyl (C=O) groups excluding carboxylic acids is 2. The molecule has 0 saturated carbocycles. The molecule has 0 amide bonds. The minimum Gasteiger partial charge on any atom is -0.289 e. The number of benzene rings is 8. The lowest BCUT2D eigenvalue weighted by Gasteiger charge is -2.13. The van der Waals surface area contributed by atoms with Gasteiger partial charge in [0.1, 0.15) is 0 Å². The van der Waals surface area contributed by atoms with Gasteiger partial charge < -0.3 is 0 Å². The highest BCUT2D eigenvalue weighted by molar-refractivity contribution is 6.24. The lowest BCUT2D eigenvalue weighted by molar-refractivity contribution is -0.138. The number of nitriles is 1. The average molecular weight is 907 g/mol. The van der Waals surface area contributed by atoms with E-state index >= 15 is 0 Å². The highest BCUT2D eigenvalue weighted by Gasteiger charge is 2.34. The monoisotopic (exact) mass is 906 g/mol. The van der Waals surface area contributed by atoms with E-state index in [4.69, 9.17) is 6.57 Å². The number of alkyl halides is 6. The number of hydrogen-bond donors (Lipinski definition) is 0. The molecule has 0 aliphatic heterocycles. The summed E-state index contributed by atoms with van der Waals surface area (Å²) in [4.78, 5) is 30.0. The number of carbonyl (C=O) groups is 2. The average Bonchev–Trinajstić information content (AvgIpc) is 3.74. The second kappa shape index (κ2) is 16.8. The zero-order valence-corrected chi connectivity index (χ0v) is 36.8. The molecule has 0 fully saturated rings. The number of fused-ring (bicyclic) bond motifs is 6. The molecule has 10 rings (SSSR count). The van der Waals surface area contributed by atoms with Gasteiger partial charge in [-0.3, -0.25) is 9.59 Å². The van der Waals surface area contributed by atoms with E-state index in [1.165, 1.54) is 35.9 Å². The Hall–Kier alpha value is -8.34. The molecule has 10 heteroatoms. The van der Waals surface area contributed by atoms with Crippen molar-refractivity contribution in [3.8, 4) is 72.8 Å². The van der Waals surface area contributed by atoms with Crippen LogP contribution in [0, 0.1) is 45.6 Å². The smallest absolute Gasteiger partial charge is 0.289 e. The van der Waals surface area contributed by atoms with Crippen LogP contribution in [-0.2, 0) is 12.4 Å². The summed E-state index contributed by atoms with van der Waals surface area (Å²) >= 11 is 0. The summed E-state index contributed by atoms with van der Waals surface area (Å²) < 4.78 is 78.0. The van der Waals surface area contributed by atoms with Crippen LogP contribution < -0.4 is 0 Å². The third kappa shape index (κ3) is 8.05. The van der Waals surface area contributed by atoms with Gasteiger partial charge >= 0.3 is 12.4 Å². The van der Waals surface area contributed by atoms with Gasteiger partial charge in [-0.15, -0.1) is 0 Å². The summed E-state index contributed by atoms with van der Waals surface area (Å²) in [5, 5.41) is 9.71. The first-order chi connectivity index (χ1) is 32.3. The van der Waals surface area contributed by atoms with Crippen molar-refractivity contribution < 1.29 is 35.9 Å². The van der Waals surface area contributed by atoms with Crippen molar-refractivity contribution in [2.75, 3.05) is 0 Å². The third-order valence-electron chi connectivity index (χ3n) is 12.6. The van der Waals surface area contributed by atoms with E-state index < -0.39 is 23.5 Å². The fourth-order valence-corrected chi connectivity index (χ4v) is 8.96. The van der Waals surface area contributed by atoms with E-state index in [1.54, 1.807) is 18.2 Å². The largest absolute Gasteiger partial charge is 0.416 e. The SMILES string of the molecule is Cc1ccc(-c2cc3c(cc2C)C(=O)c2cc(C)c(-c4ccc(C(F)(F)F)cc4)cc2-3)cc1.[C-]#[N+]c1cc2c(cc1-c1ccc(C)cc1)-c1cc(-c3ccc(C(F)(F)F)cc3)c(C#N)cc1C2=O. The highest BCUT2D eigenvalue weighted by atomic mass is 19.4. The summed E-state index contributed by atoms with van der Waals surface area (Å²) in [5.74, 6) is -0.300. The predicted octanol–water partition coefficient (Wildman–Crippen LogP) is 16.2. The molecule has 2 aliphatic carbocycles. The third-order valence-corrected chi connectivity index (χ3v) is 12.6. The lowest BCUT2D eigenvalue weighted by atomic mass is 9.92. The Morgan fingerprint density at radius 2 is 0.735 bits per heavy atom. The first-order valence-electron chi connectivity index (χ1n) is 21.4. The minimum atomic E-state index is -4.47. The molecule has 68 heavy (non-hydrogen) atoms. The summed E-state index contributed by atoms with van der Waals surface area (Å²) in [7, 11) is 0. The fourth-order valence-electron chi connectivity index (χ4n) is 8.96.